The van der Waals surface area contributed by atoms with E-state index in [1.165, 1.54) is 4.88 Å². The molecule has 5 heteroatoms. The molecule has 0 bridgehead atoms. The molecule has 0 aliphatic rings. The van der Waals surface area contributed by atoms with E-state index >= 15 is 0 Å². The summed E-state index contributed by atoms with van der Waals surface area (Å²) in [6, 6.07) is 4.25. The average Bonchev–Trinajstić information content (AvgIpc) is 2.97. The van der Waals surface area contributed by atoms with Gasteiger partial charge in [-0.15, -0.1) is 21.5 Å². The van der Waals surface area contributed by atoms with E-state index in [0.29, 0.717) is 12.4 Å². The van der Waals surface area contributed by atoms with Crippen LogP contribution in [-0.4, -0.2) is 15.7 Å². The lowest BCUT2D eigenvalue weighted by Gasteiger charge is -2.18. The fourth-order valence-corrected chi connectivity index (χ4v) is 2.42. The van der Waals surface area contributed by atoms with Crippen LogP contribution in [0.5, 0.6) is 0 Å². The number of aryl methyl sites for hydroxylation is 2. The molecule has 104 valence electrons. The van der Waals surface area contributed by atoms with Gasteiger partial charge in [0, 0.05) is 16.8 Å². The third-order valence-corrected chi connectivity index (χ3v) is 3.61. The molecule has 0 aliphatic heterocycles. The number of hydrogen-bond donors (Lipinski definition) is 1. The van der Waals surface area contributed by atoms with E-state index in [4.69, 9.17) is 4.42 Å². The van der Waals surface area contributed by atoms with Gasteiger partial charge in [0.25, 0.3) is 0 Å². The number of aromatic nitrogens is 2. The van der Waals surface area contributed by atoms with Gasteiger partial charge in [-0.05, 0) is 45.1 Å². The number of thiophene rings is 1. The van der Waals surface area contributed by atoms with Crippen LogP contribution >= 0.6 is 11.3 Å². The van der Waals surface area contributed by atoms with E-state index in [9.17, 15) is 0 Å². The lowest BCUT2D eigenvalue weighted by Crippen LogP contribution is -2.35. The van der Waals surface area contributed by atoms with Gasteiger partial charge in [0.05, 0.1) is 6.54 Å². The van der Waals surface area contributed by atoms with Gasteiger partial charge < -0.3 is 9.73 Å². The zero-order valence-corrected chi connectivity index (χ0v) is 12.6. The van der Waals surface area contributed by atoms with Crippen molar-refractivity contribution in [3.05, 3.63) is 34.2 Å². The van der Waals surface area contributed by atoms with E-state index in [-0.39, 0.29) is 5.54 Å². The van der Waals surface area contributed by atoms with Crippen LogP contribution in [-0.2, 0) is 19.4 Å². The van der Waals surface area contributed by atoms with Crippen molar-refractivity contribution in [3.63, 3.8) is 0 Å². The smallest absolute Gasteiger partial charge is 0.230 e. The van der Waals surface area contributed by atoms with Crippen molar-refractivity contribution in [3.8, 4) is 0 Å². The summed E-state index contributed by atoms with van der Waals surface area (Å²) in [6.07, 6.45) is 2.98. The molecular weight excluding hydrogens is 258 g/mol. The van der Waals surface area contributed by atoms with E-state index in [0.717, 1.165) is 25.2 Å². The summed E-state index contributed by atoms with van der Waals surface area (Å²) in [6.45, 7) is 6.98. The average molecular weight is 279 g/mol. The Hall–Kier alpha value is -1.20. The normalized spacial score (nSPS) is 11.9. The van der Waals surface area contributed by atoms with E-state index in [2.05, 4.69) is 53.8 Å². The predicted octanol–water partition coefficient (Wildman–Crippen LogP) is 3.19. The van der Waals surface area contributed by atoms with Crippen molar-refractivity contribution >= 4 is 11.3 Å². The Bertz CT molecular complexity index is 485. The van der Waals surface area contributed by atoms with Crippen molar-refractivity contribution in [2.45, 2.75) is 52.1 Å². The maximum atomic E-state index is 5.62. The highest BCUT2D eigenvalue weighted by atomic mass is 32.1. The maximum absolute atomic E-state index is 5.62. The van der Waals surface area contributed by atoms with Gasteiger partial charge in [-0.25, -0.2) is 0 Å². The summed E-state index contributed by atoms with van der Waals surface area (Å²) in [7, 11) is 0. The summed E-state index contributed by atoms with van der Waals surface area (Å²) in [5, 5.41) is 13.6. The van der Waals surface area contributed by atoms with Crippen molar-refractivity contribution < 1.29 is 4.42 Å². The third kappa shape index (κ3) is 5.12. The number of rotatable bonds is 6. The van der Waals surface area contributed by atoms with Crippen LogP contribution in [0.4, 0.5) is 0 Å². The van der Waals surface area contributed by atoms with Crippen LogP contribution in [0, 0.1) is 0 Å². The minimum atomic E-state index is 0.0633. The van der Waals surface area contributed by atoms with Crippen LogP contribution in [0.25, 0.3) is 0 Å². The molecule has 0 fully saturated rings. The highest BCUT2D eigenvalue weighted by Crippen LogP contribution is 2.13. The molecule has 0 spiro atoms. The molecule has 2 aromatic rings. The first-order valence-electron chi connectivity index (χ1n) is 6.61. The minimum Gasteiger partial charge on any atom is -0.424 e. The van der Waals surface area contributed by atoms with Crippen molar-refractivity contribution in [2.75, 3.05) is 0 Å². The molecule has 0 radical (unpaired) electrons. The Labute approximate surface area is 118 Å². The second kappa shape index (κ2) is 6.30. The molecule has 4 nitrogen and oxygen atoms in total. The predicted molar refractivity (Wildman–Crippen MR) is 77.2 cm³/mol. The van der Waals surface area contributed by atoms with Crippen molar-refractivity contribution in [1.29, 1.82) is 0 Å². The molecule has 2 heterocycles. The van der Waals surface area contributed by atoms with Gasteiger partial charge in [-0.2, -0.15) is 0 Å². The summed E-state index contributed by atoms with van der Waals surface area (Å²) < 4.78 is 5.62. The van der Waals surface area contributed by atoms with Gasteiger partial charge >= 0.3 is 0 Å². The van der Waals surface area contributed by atoms with Gasteiger partial charge in [-0.3, -0.25) is 0 Å². The van der Waals surface area contributed by atoms with Crippen LogP contribution in [0.2, 0.25) is 0 Å². The molecule has 0 atom stereocenters. The molecule has 0 unspecified atom stereocenters. The fraction of sp³-hybridized carbons (Fsp3) is 0.571. The molecule has 2 rings (SSSR count). The van der Waals surface area contributed by atoms with Gasteiger partial charge in [-0.1, -0.05) is 6.07 Å². The van der Waals surface area contributed by atoms with Crippen LogP contribution in [0.1, 0.15) is 43.9 Å². The van der Waals surface area contributed by atoms with Crippen LogP contribution < -0.4 is 5.32 Å². The van der Waals surface area contributed by atoms with Gasteiger partial charge in [0.15, 0.2) is 0 Å². The van der Waals surface area contributed by atoms with Gasteiger partial charge in [0.1, 0.15) is 0 Å². The molecule has 0 aliphatic carbocycles. The highest BCUT2D eigenvalue weighted by molar-refractivity contribution is 7.09. The number of hydrogen-bond acceptors (Lipinski definition) is 5. The molecule has 0 aromatic carbocycles. The molecule has 1 N–H and O–H groups in total. The first-order valence-corrected chi connectivity index (χ1v) is 7.49. The summed E-state index contributed by atoms with van der Waals surface area (Å²) in [4.78, 5) is 1.41. The zero-order chi connectivity index (χ0) is 13.7. The standard InChI is InChI=1S/C14H21N3OS/c1-14(2,3)15-10-13-17-16-12(18-13)8-4-6-11-7-5-9-19-11/h5,7,9,15H,4,6,8,10H2,1-3H3. The highest BCUT2D eigenvalue weighted by Gasteiger charge is 2.12. The molecule has 0 amide bonds. The maximum Gasteiger partial charge on any atom is 0.230 e. The molecule has 19 heavy (non-hydrogen) atoms. The Morgan fingerprint density at radius 3 is 2.68 bits per heavy atom. The number of nitrogens with one attached hydrogen (secondary N) is 1. The Balaban J connectivity index is 1.74. The molecular formula is C14H21N3OS. The summed E-state index contributed by atoms with van der Waals surface area (Å²) in [5.41, 5.74) is 0.0633. The van der Waals surface area contributed by atoms with Crippen molar-refractivity contribution in [2.24, 2.45) is 0 Å². The lowest BCUT2D eigenvalue weighted by atomic mass is 10.1. The Morgan fingerprint density at radius 2 is 2.00 bits per heavy atom. The monoisotopic (exact) mass is 279 g/mol. The second-order valence-corrected chi connectivity index (χ2v) is 6.66. The lowest BCUT2D eigenvalue weighted by molar-refractivity contribution is 0.370. The summed E-state index contributed by atoms with van der Waals surface area (Å²) in [5.74, 6) is 1.41. The third-order valence-electron chi connectivity index (χ3n) is 2.67. The summed E-state index contributed by atoms with van der Waals surface area (Å²) >= 11 is 1.80. The van der Waals surface area contributed by atoms with E-state index in [1.54, 1.807) is 11.3 Å². The first-order chi connectivity index (χ1) is 9.03. The minimum absolute atomic E-state index is 0.0633. The molecule has 0 saturated heterocycles. The van der Waals surface area contributed by atoms with E-state index < -0.39 is 0 Å². The molecule has 2 aromatic heterocycles. The SMILES string of the molecule is CC(C)(C)NCc1nnc(CCCc2cccs2)o1. The number of nitrogens with zero attached hydrogens (tertiary/aromatic N) is 2. The quantitative estimate of drug-likeness (QED) is 0.882. The van der Waals surface area contributed by atoms with Gasteiger partial charge in [0.2, 0.25) is 11.8 Å². The zero-order valence-electron chi connectivity index (χ0n) is 11.8. The first kappa shape index (κ1) is 14.2. The topological polar surface area (TPSA) is 51.0 Å². The second-order valence-electron chi connectivity index (χ2n) is 5.63. The fourth-order valence-electron chi connectivity index (χ4n) is 1.67. The molecule has 0 saturated carbocycles. The largest absolute Gasteiger partial charge is 0.424 e. The Morgan fingerprint density at radius 1 is 1.21 bits per heavy atom. The van der Waals surface area contributed by atoms with Crippen LogP contribution in [0.3, 0.4) is 0 Å². The van der Waals surface area contributed by atoms with Crippen LogP contribution in [0.15, 0.2) is 21.9 Å². The Kier molecular flexibility index (Phi) is 4.71. The van der Waals surface area contributed by atoms with Crippen molar-refractivity contribution in [1.82, 2.24) is 15.5 Å². The van der Waals surface area contributed by atoms with E-state index in [1.807, 2.05) is 0 Å².